The smallest absolute Gasteiger partial charge is 0.256 e. The lowest BCUT2D eigenvalue weighted by Gasteiger charge is -2.21. The van der Waals surface area contributed by atoms with Gasteiger partial charge < -0.3 is 15.0 Å². The molecule has 0 saturated heterocycles. The Bertz CT molecular complexity index is 590. The summed E-state index contributed by atoms with van der Waals surface area (Å²) in [4.78, 5) is 12.5. The van der Waals surface area contributed by atoms with Crippen molar-refractivity contribution in [2.45, 2.75) is 18.2 Å². The van der Waals surface area contributed by atoms with E-state index in [0.29, 0.717) is 5.56 Å². The van der Waals surface area contributed by atoms with Crippen LogP contribution < -0.4 is 5.32 Å². The SMILES string of the molecule is CSC(CO)C(C)NC(=O)c1cnn(C)c1-n1cccc1. The van der Waals surface area contributed by atoms with Gasteiger partial charge in [0.1, 0.15) is 11.4 Å². The Morgan fingerprint density at radius 3 is 2.71 bits per heavy atom. The highest BCUT2D eigenvalue weighted by molar-refractivity contribution is 7.99. The minimum absolute atomic E-state index is 0.0272. The molecule has 0 aliphatic rings. The average Bonchev–Trinajstić information content (AvgIpc) is 3.08. The van der Waals surface area contributed by atoms with Crippen LogP contribution in [0.2, 0.25) is 0 Å². The van der Waals surface area contributed by atoms with Crippen molar-refractivity contribution < 1.29 is 9.90 Å². The molecule has 21 heavy (non-hydrogen) atoms. The van der Waals surface area contributed by atoms with Crippen LogP contribution in [0.15, 0.2) is 30.7 Å². The maximum absolute atomic E-state index is 12.5. The number of carbonyl (C=O) groups excluding carboxylic acids is 1. The van der Waals surface area contributed by atoms with E-state index in [1.54, 1.807) is 17.9 Å². The van der Waals surface area contributed by atoms with E-state index < -0.39 is 0 Å². The van der Waals surface area contributed by atoms with Crippen molar-refractivity contribution in [2.24, 2.45) is 7.05 Å². The van der Waals surface area contributed by atoms with Gasteiger partial charge >= 0.3 is 0 Å². The fourth-order valence-corrected chi connectivity index (χ4v) is 2.81. The molecule has 2 unspecified atom stereocenters. The van der Waals surface area contributed by atoms with Gasteiger partial charge in [0.15, 0.2) is 0 Å². The van der Waals surface area contributed by atoms with E-state index in [-0.39, 0.29) is 23.8 Å². The van der Waals surface area contributed by atoms with Gasteiger partial charge in [0.25, 0.3) is 5.91 Å². The maximum atomic E-state index is 12.5. The Morgan fingerprint density at radius 1 is 1.48 bits per heavy atom. The van der Waals surface area contributed by atoms with Crippen LogP contribution in [-0.2, 0) is 7.05 Å². The molecule has 7 heteroatoms. The minimum atomic E-state index is -0.188. The predicted octanol–water partition coefficient (Wildman–Crippen LogP) is 1.05. The number of rotatable bonds is 6. The van der Waals surface area contributed by atoms with Crippen molar-refractivity contribution in [3.05, 3.63) is 36.3 Å². The van der Waals surface area contributed by atoms with Gasteiger partial charge in [-0.25, -0.2) is 0 Å². The third-order valence-corrected chi connectivity index (χ3v) is 4.56. The number of aliphatic hydroxyl groups excluding tert-OH is 1. The first-order valence-corrected chi connectivity index (χ1v) is 7.97. The summed E-state index contributed by atoms with van der Waals surface area (Å²) >= 11 is 1.53. The van der Waals surface area contributed by atoms with E-state index in [9.17, 15) is 9.90 Å². The van der Waals surface area contributed by atoms with Crippen LogP contribution in [0.5, 0.6) is 0 Å². The molecule has 6 nitrogen and oxygen atoms in total. The number of thioether (sulfide) groups is 1. The lowest BCUT2D eigenvalue weighted by Crippen LogP contribution is -2.41. The Balaban J connectivity index is 2.21. The second-order valence-corrected chi connectivity index (χ2v) is 5.89. The number of nitrogens with one attached hydrogen (secondary N) is 1. The van der Waals surface area contributed by atoms with E-state index in [0.717, 1.165) is 5.82 Å². The molecule has 0 aliphatic heterocycles. The average molecular weight is 308 g/mol. The lowest BCUT2D eigenvalue weighted by atomic mass is 10.2. The zero-order chi connectivity index (χ0) is 15.4. The molecular weight excluding hydrogens is 288 g/mol. The summed E-state index contributed by atoms with van der Waals surface area (Å²) < 4.78 is 3.52. The number of hydrogen-bond acceptors (Lipinski definition) is 4. The van der Waals surface area contributed by atoms with E-state index in [4.69, 9.17) is 0 Å². The van der Waals surface area contributed by atoms with Gasteiger partial charge in [0.2, 0.25) is 0 Å². The summed E-state index contributed by atoms with van der Waals surface area (Å²) in [5.41, 5.74) is 0.512. The van der Waals surface area contributed by atoms with Crippen LogP contribution >= 0.6 is 11.8 Å². The van der Waals surface area contributed by atoms with Gasteiger partial charge in [-0.1, -0.05) is 0 Å². The molecular formula is C14H20N4O2S. The first-order valence-electron chi connectivity index (χ1n) is 6.68. The van der Waals surface area contributed by atoms with Crippen molar-refractivity contribution in [2.75, 3.05) is 12.9 Å². The Hall–Kier alpha value is -1.73. The number of aryl methyl sites for hydroxylation is 1. The summed E-state index contributed by atoms with van der Waals surface area (Å²) in [5.74, 6) is 0.529. The lowest BCUT2D eigenvalue weighted by molar-refractivity contribution is 0.0936. The monoisotopic (exact) mass is 308 g/mol. The normalized spacial score (nSPS) is 13.9. The summed E-state index contributed by atoms with van der Waals surface area (Å²) in [7, 11) is 1.80. The Morgan fingerprint density at radius 2 is 2.14 bits per heavy atom. The molecule has 0 bridgehead atoms. The van der Waals surface area contributed by atoms with Gasteiger partial charge in [-0.2, -0.15) is 16.9 Å². The van der Waals surface area contributed by atoms with Gasteiger partial charge in [0, 0.05) is 30.7 Å². The highest BCUT2D eigenvalue weighted by Crippen LogP contribution is 2.15. The van der Waals surface area contributed by atoms with Crippen molar-refractivity contribution in [3.63, 3.8) is 0 Å². The number of carbonyl (C=O) groups is 1. The molecule has 0 spiro atoms. The number of hydrogen-bond donors (Lipinski definition) is 2. The molecule has 0 aliphatic carbocycles. The number of aliphatic hydroxyl groups is 1. The van der Waals surface area contributed by atoms with Crippen molar-refractivity contribution in [3.8, 4) is 5.82 Å². The van der Waals surface area contributed by atoms with Crippen LogP contribution in [0.25, 0.3) is 5.82 Å². The molecule has 0 radical (unpaired) electrons. The molecule has 2 aromatic rings. The topological polar surface area (TPSA) is 72.1 Å². The first-order chi connectivity index (χ1) is 10.1. The van der Waals surface area contributed by atoms with Crippen molar-refractivity contribution >= 4 is 17.7 Å². The zero-order valence-electron chi connectivity index (χ0n) is 12.4. The number of aromatic nitrogens is 3. The predicted molar refractivity (Wildman–Crippen MR) is 83.9 cm³/mol. The third kappa shape index (κ3) is 3.30. The van der Waals surface area contributed by atoms with Crippen LogP contribution in [0.4, 0.5) is 0 Å². The van der Waals surface area contributed by atoms with Gasteiger partial charge in [-0.05, 0) is 25.3 Å². The molecule has 2 rings (SSSR count). The second kappa shape index (κ2) is 6.82. The Labute approximate surface area is 128 Å². The quantitative estimate of drug-likeness (QED) is 0.837. The molecule has 2 heterocycles. The molecule has 2 atom stereocenters. The summed E-state index contributed by atoms with van der Waals surface area (Å²) in [6.45, 7) is 1.92. The summed E-state index contributed by atoms with van der Waals surface area (Å²) in [5, 5.41) is 16.4. The summed E-state index contributed by atoms with van der Waals surface area (Å²) in [6, 6.07) is 3.66. The number of amides is 1. The zero-order valence-corrected chi connectivity index (χ0v) is 13.2. The standard InChI is InChI=1S/C14H20N4O2S/c1-10(12(9-19)21-3)16-13(20)11-8-15-17(2)14(11)18-6-4-5-7-18/h4-8,10,12,19H,9H2,1-3H3,(H,16,20). The van der Waals surface area contributed by atoms with Crippen LogP contribution in [0, 0.1) is 0 Å². The molecule has 1 amide bonds. The summed E-state index contributed by atoms with van der Waals surface area (Å²) in [6.07, 6.45) is 7.22. The fourth-order valence-electron chi connectivity index (χ4n) is 2.19. The third-order valence-electron chi connectivity index (χ3n) is 3.40. The van der Waals surface area contributed by atoms with E-state index in [1.165, 1.54) is 11.8 Å². The second-order valence-electron chi connectivity index (χ2n) is 4.81. The largest absolute Gasteiger partial charge is 0.395 e. The molecule has 0 aromatic carbocycles. The highest BCUT2D eigenvalue weighted by Gasteiger charge is 2.22. The van der Waals surface area contributed by atoms with Gasteiger partial charge in [-0.3, -0.25) is 9.48 Å². The fraction of sp³-hybridized carbons (Fsp3) is 0.429. The van der Waals surface area contributed by atoms with Crippen molar-refractivity contribution in [1.82, 2.24) is 19.7 Å². The molecule has 0 fully saturated rings. The minimum Gasteiger partial charge on any atom is -0.395 e. The molecule has 0 saturated carbocycles. The van der Waals surface area contributed by atoms with Gasteiger partial charge in [-0.15, -0.1) is 0 Å². The number of nitrogens with zero attached hydrogens (tertiary/aromatic N) is 3. The Kier molecular flexibility index (Phi) is 5.08. The highest BCUT2D eigenvalue weighted by atomic mass is 32.2. The molecule has 114 valence electrons. The van der Waals surface area contributed by atoms with Crippen LogP contribution in [0.1, 0.15) is 17.3 Å². The maximum Gasteiger partial charge on any atom is 0.256 e. The molecule has 2 N–H and O–H groups in total. The van der Waals surface area contributed by atoms with E-state index in [2.05, 4.69) is 10.4 Å². The van der Waals surface area contributed by atoms with Crippen LogP contribution in [0.3, 0.4) is 0 Å². The van der Waals surface area contributed by atoms with Gasteiger partial charge in [0.05, 0.1) is 12.8 Å². The van der Waals surface area contributed by atoms with Crippen LogP contribution in [-0.4, -0.2) is 49.5 Å². The van der Waals surface area contributed by atoms with E-state index in [1.807, 2.05) is 42.3 Å². The molecule has 2 aromatic heterocycles. The first kappa shape index (κ1) is 15.7. The van der Waals surface area contributed by atoms with Crippen molar-refractivity contribution in [1.29, 1.82) is 0 Å². The van der Waals surface area contributed by atoms with E-state index >= 15 is 0 Å².